The molecule has 1 rings (SSSR count). The van der Waals surface area contributed by atoms with E-state index in [1.807, 2.05) is 0 Å². The minimum atomic E-state index is -3.41. The molecule has 0 atom stereocenters. The minimum absolute atomic E-state index is 0.183. The van der Waals surface area contributed by atoms with Gasteiger partial charge in [-0.2, -0.15) is 12.7 Å². The average molecular weight is 236 g/mol. The summed E-state index contributed by atoms with van der Waals surface area (Å²) < 4.78 is 26.7. The van der Waals surface area contributed by atoms with Crippen LogP contribution in [0.1, 0.15) is 32.6 Å². The molecule has 5 nitrogen and oxygen atoms in total. The molecule has 1 saturated carbocycles. The Bertz CT molecular complexity index is 296. The zero-order valence-corrected chi connectivity index (χ0v) is 10.2. The molecule has 0 radical (unpaired) electrons. The molecule has 0 aromatic rings. The molecule has 0 amide bonds. The van der Waals surface area contributed by atoms with Gasteiger partial charge in [0.1, 0.15) is 0 Å². The van der Waals surface area contributed by atoms with Gasteiger partial charge in [0.05, 0.1) is 5.60 Å². The van der Waals surface area contributed by atoms with Gasteiger partial charge >= 0.3 is 0 Å². The number of hydrogen-bond acceptors (Lipinski definition) is 3. The molecule has 2 N–H and O–H groups in total. The highest BCUT2D eigenvalue weighted by Gasteiger charge is 2.34. The van der Waals surface area contributed by atoms with Crippen LogP contribution in [-0.4, -0.2) is 43.6 Å². The Labute approximate surface area is 91.7 Å². The SMILES string of the molecule is CCNS(=O)(=O)N(C)CC1(O)CCCC1. The fourth-order valence-corrected chi connectivity index (χ4v) is 2.98. The van der Waals surface area contributed by atoms with Crippen LogP contribution < -0.4 is 4.72 Å². The number of likely N-dealkylation sites (N-methyl/N-ethyl adjacent to an activating group) is 1. The number of aliphatic hydroxyl groups is 1. The lowest BCUT2D eigenvalue weighted by Crippen LogP contribution is -2.46. The molecule has 0 aromatic carbocycles. The van der Waals surface area contributed by atoms with Crippen molar-refractivity contribution < 1.29 is 13.5 Å². The van der Waals surface area contributed by atoms with Gasteiger partial charge in [-0.05, 0) is 12.8 Å². The Morgan fingerprint density at radius 3 is 2.40 bits per heavy atom. The van der Waals surface area contributed by atoms with Crippen LogP contribution in [0.3, 0.4) is 0 Å². The van der Waals surface area contributed by atoms with Crippen molar-refractivity contribution in [3.63, 3.8) is 0 Å². The Hall–Kier alpha value is -0.170. The first kappa shape index (κ1) is 12.9. The van der Waals surface area contributed by atoms with Gasteiger partial charge in [-0.25, -0.2) is 4.72 Å². The van der Waals surface area contributed by atoms with Crippen molar-refractivity contribution in [2.45, 2.75) is 38.2 Å². The lowest BCUT2D eigenvalue weighted by atomic mass is 10.0. The first-order valence-electron chi connectivity index (χ1n) is 5.33. The maximum atomic E-state index is 11.6. The molecule has 0 spiro atoms. The fraction of sp³-hybridized carbons (Fsp3) is 1.00. The Balaban J connectivity index is 2.58. The predicted molar refractivity (Wildman–Crippen MR) is 58.6 cm³/mol. The molecule has 1 aliphatic carbocycles. The summed E-state index contributed by atoms with van der Waals surface area (Å²) in [6.45, 7) is 2.28. The molecule has 90 valence electrons. The van der Waals surface area contributed by atoms with Crippen molar-refractivity contribution in [1.82, 2.24) is 9.03 Å². The molecule has 0 saturated heterocycles. The Kier molecular flexibility index (Phi) is 4.11. The summed E-state index contributed by atoms with van der Waals surface area (Å²) in [6, 6.07) is 0. The molecule has 0 unspecified atom stereocenters. The molecule has 0 aromatic heterocycles. The second-order valence-electron chi connectivity index (χ2n) is 4.19. The van der Waals surface area contributed by atoms with E-state index < -0.39 is 15.8 Å². The maximum Gasteiger partial charge on any atom is 0.279 e. The van der Waals surface area contributed by atoms with Crippen molar-refractivity contribution >= 4 is 10.2 Å². The van der Waals surface area contributed by atoms with E-state index in [4.69, 9.17) is 0 Å². The van der Waals surface area contributed by atoms with Gasteiger partial charge in [-0.1, -0.05) is 19.8 Å². The molecule has 6 heteroatoms. The van der Waals surface area contributed by atoms with Crippen LogP contribution in [0.4, 0.5) is 0 Å². The molecule has 1 fully saturated rings. The number of rotatable bonds is 5. The third kappa shape index (κ3) is 3.41. The summed E-state index contributed by atoms with van der Waals surface area (Å²) in [6.07, 6.45) is 3.34. The quantitative estimate of drug-likeness (QED) is 0.710. The van der Waals surface area contributed by atoms with Crippen molar-refractivity contribution in [1.29, 1.82) is 0 Å². The van der Waals surface area contributed by atoms with Crippen molar-refractivity contribution in [2.75, 3.05) is 20.1 Å². The van der Waals surface area contributed by atoms with Gasteiger partial charge in [0.15, 0.2) is 0 Å². The van der Waals surface area contributed by atoms with Gasteiger partial charge in [0.25, 0.3) is 10.2 Å². The molecule has 1 aliphatic rings. The van der Waals surface area contributed by atoms with Crippen LogP contribution in [-0.2, 0) is 10.2 Å². The minimum Gasteiger partial charge on any atom is -0.389 e. The summed E-state index contributed by atoms with van der Waals surface area (Å²) in [5.41, 5.74) is -0.822. The highest BCUT2D eigenvalue weighted by molar-refractivity contribution is 7.87. The van der Waals surface area contributed by atoms with E-state index in [0.717, 1.165) is 12.8 Å². The molecular weight excluding hydrogens is 216 g/mol. The number of hydrogen-bond donors (Lipinski definition) is 2. The van der Waals surface area contributed by atoms with E-state index >= 15 is 0 Å². The standard InChI is InChI=1S/C9H20N2O3S/c1-3-10-15(13,14)11(2)8-9(12)6-4-5-7-9/h10,12H,3-8H2,1-2H3. The smallest absolute Gasteiger partial charge is 0.279 e. The van der Waals surface area contributed by atoms with Gasteiger partial charge in [-0.15, -0.1) is 0 Å². The molecule has 15 heavy (non-hydrogen) atoms. The van der Waals surface area contributed by atoms with Crippen LogP contribution >= 0.6 is 0 Å². The van der Waals surface area contributed by atoms with E-state index in [1.54, 1.807) is 6.92 Å². The summed E-state index contributed by atoms with van der Waals surface area (Å²) in [5, 5.41) is 10.1. The highest BCUT2D eigenvalue weighted by atomic mass is 32.2. The zero-order chi connectivity index (χ0) is 11.5. The molecular formula is C9H20N2O3S. The van der Waals surface area contributed by atoms with E-state index in [-0.39, 0.29) is 6.54 Å². The summed E-state index contributed by atoms with van der Waals surface area (Å²) in [4.78, 5) is 0. The largest absolute Gasteiger partial charge is 0.389 e. The third-order valence-corrected chi connectivity index (χ3v) is 4.39. The first-order chi connectivity index (χ1) is 6.90. The number of nitrogens with zero attached hydrogens (tertiary/aromatic N) is 1. The predicted octanol–water partition coefficient (Wildman–Crippen LogP) is 0.0776. The number of nitrogens with one attached hydrogen (secondary N) is 1. The Morgan fingerprint density at radius 2 is 1.93 bits per heavy atom. The first-order valence-corrected chi connectivity index (χ1v) is 6.77. The van der Waals surface area contributed by atoms with Gasteiger partial charge in [0, 0.05) is 20.1 Å². The van der Waals surface area contributed by atoms with Crippen LogP contribution in [0.25, 0.3) is 0 Å². The van der Waals surface area contributed by atoms with Crippen molar-refractivity contribution in [3.05, 3.63) is 0 Å². The third-order valence-electron chi connectivity index (χ3n) is 2.79. The lowest BCUT2D eigenvalue weighted by Gasteiger charge is -2.27. The molecule has 0 heterocycles. The van der Waals surface area contributed by atoms with E-state index in [2.05, 4.69) is 4.72 Å². The van der Waals surface area contributed by atoms with Crippen LogP contribution in [0.2, 0.25) is 0 Å². The van der Waals surface area contributed by atoms with E-state index in [9.17, 15) is 13.5 Å². The second kappa shape index (κ2) is 4.78. The van der Waals surface area contributed by atoms with Gasteiger partial charge < -0.3 is 5.11 Å². The van der Waals surface area contributed by atoms with Crippen molar-refractivity contribution in [3.8, 4) is 0 Å². The fourth-order valence-electron chi connectivity index (χ4n) is 1.98. The normalized spacial score (nSPS) is 21.1. The van der Waals surface area contributed by atoms with Crippen molar-refractivity contribution in [2.24, 2.45) is 0 Å². The Morgan fingerprint density at radius 1 is 1.40 bits per heavy atom. The van der Waals surface area contributed by atoms with E-state index in [1.165, 1.54) is 11.4 Å². The van der Waals surface area contributed by atoms with Crippen LogP contribution in [0.5, 0.6) is 0 Å². The maximum absolute atomic E-state index is 11.6. The topological polar surface area (TPSA) is 69.6 Å². The van der Waals surface area contributed by atoms with Gasteiger partial charge in [0.2, 0.25) is 0 Å². The monoisotopic (exact) mass is 236 g/mol. The second-order valence-corrected chi connectivity index (χ2v) is 6.05. The summed E-state index contributed by atoms with van der Waals surface area (Å²) >= 11 is 0. The summed E-state index contributed by atoms with van der Waals surface area (Å²) in [5.74, 6) is 0. The lowest BCUT2D eigenvalue weighted by molar-refractivity contribution is 0.0331. The molecule has 0 bridgehead atoms. The van der Waals surface area contributed by atoms with Crippen LogP contribution in [0, 0.1) is 0 Å². The summed E-state index contributed by atoms with van der Waals surface area (Å²) in [7, 11) is -1.92. The zero-order valence-electron chi connectivity index (χ0n) is 9.36. The van der Waals surface area contributed by atoms with Crippen LogP contribution in [0.15, 0.2) is 0 Å². The van der Waals surface area contributed by atoms with E-state index in [0.29, 0.717) is 19.4 Å². The average Bonchev–Trinajstić information content (AvgIpc) is 2.51. The highest BCUT2D eigenvalue weighted by Crippen LogP contribution is 2.30. The van der Waals surface area contributed by atoms with Gasteiger partial charge in [-0.3, -0.25) is 0 Å². The molecule has 0 aliphatic heterocycles.